The Hall–Kier alpha value is -1.30. The monoisotopic (exact) mass is 323 g/mol. The molecule has 100 valence electrons. The van der Waals surface area contributed by atoms with Gasteiger partial charge in [0.25, 0.3) is 0 Å². The van der Waals surface area contributed by atoms with E-state index in [1.54, 1.807) is 12.1 Å². The van der Waals surface area contributed by atoms with Gasteiger partial charge in [-0.1, -0.05) is 12.1 Å². The van der Waals surface area contributed by atoms with Gasteiger partial charge in [-0.05, 0) is 59.1 Å². The summed E-state index contributed by atoms with van der Waals surface area (Å²) in [6.07, 6.45) is 0.645. The lowest BCUT2D eigenvalue weighted by molar-refractivity contribution is 0.536. The number of hydrazine groups is 1. The second-order valence-corrected chi connectivity index (χ2v) is 5.23. The van der Waals surface area contributed by atoms with Crippen molar-refractivity contribution in [2.45, 2.75) is 19.4 Å². The maximum absolute atomic E-state index is 13.2. The Kier molecular flexibility index (Phi) is 4.63. The molecule has 1 unspecified atom stereocenters. The molecular formula is C14H15BrFN3. The summed E-state index contributed by atoms with van der Waals surface area (Å²) in [5.74, 6) is 5.33. The average molecular weight is 324 g/mol. The van der Waals surface area contributed by atoms with Crippen LogP contribution in [0, 0.1) is 12.7 Å². The Morgan fingerprint density at radius 1 is 1.37 bits per heavy atom. The molecule has 5 heteroatoms. The van der Waals surface area contributed by atoms with Gasteiger partial charge in [0.15, 0.2) is 0 Å². The van der Waals surface area contributed by atoms with E-state index in [1.165, 1.54) is 6.07 Å². The number of benzene rings is 1. The van der Waals surface area contributed by atoms with Crippen molar-refractivity contribution < 1.29 is 4.39 Å². The predicted octanol–water partition coefficient (Wildman–Crippen LogP) is 3.04. The summed E-state index contributed by atoms with van der Waals surface area (Å²) in [4.78, 5) is 4.45. The second-order valence-electron chi connectivity index (χ2n) is 4.38. The van der Waals surface area contributed by atoms with Gasteiger partial charge in [0.2, 0.25) is 0 Å². The van der Waals surface area contributed by atoms with E-state index in [1.807, 2.05) is 25.1 Å². The molecule has 1 atom stereocenters. The molecule has 1 aromatic heterocycles. The summed E-state index contributed by atoms with van der Waals surface area (Å²) >= 11 is 3.18. The molecule has 0 spiro atoms. The lowest BCUT2D eigenvalue weighted by Gasteiger charge is -2.16. The highest BCUT2D eigenvalue weighted by Gasteiger charge is 2.13. The minimum atomic E-state index is -0.269. The van der Waals surface area contributed by atoms with Crippen LogP contribution in [0.4, 0.5) is 4.39 Å². The lowest BCUT2D eigenvalue weighted by atomic mass is 10.0. The molecule has 0 aliphatic heterocycles. The predicted molar refractivity (Wildman–Crippen MR) is 76.8 cm³/mol. The first-order valence-electron chi connectivity index (χ1n) is 5.94. The molecule has 2 rings (SSSR count). The van der Waals surface area contributed by atoms with Crippen molar-refractivity contribution in [3.8, 4) is 0 Å². The van der Waals surface area contributed by atoms with Gasteiger partial charge in [-0.2, -0.15) is 0 Å². The number of pyridine rings is 1. The normalized spacial score (nSPS) is 12.4. The van der Waals surface area contributed by atoms with Crippen molar-refractivity contribution in [1.29, 1.82) is 0 Å². The number of halogens is 2. The second kappa shape index (κ2) is 6.23. The summed E-state index contributed by atoms with van der Waals surface area (Å²) in [5, 5.41) is 0. The molecule has 3 N–H and O–H groups in total. The van der Waals surface area contributed by atoms with E-state index in [-0.39, 0.29) is 11.9 Å². The van der Waals surface area contributed by atoms with Crippen molar-refractivity contribution in [1.82, 2.24) is 10.4 Å². The molecule has 0 saturated carbocycles. The largest absolute Gasteiger partial charge is 0.271 e. The quantitative estimate of drug-likeness (QED) is 0.671. The van der Waals surface area contributed by atoms with Gasteiger partial charge >= 0.3 is 0 Å². The molecule has 0 fully saturated rings. The molecule has 0 aliphatic rings. The molecule has 0 amide bonds. The van der Waals surface area contributed by atoms with Gasteiger partial charge in [0.1, 0.15) is 5.82 Å². The Labute approximate surface area is 120 Å². The SMILES string of the molecule is Cc1cccc(C(Cc2ccc(F)c(Br)c2)NN)n1. The third-order valence-electron chi connectivity index (χ3n) is 2.89. The summed E-state index contributed by atoms with van der Waals surface area (Å²) in [5.41, 5.74) is 5.56. The molecular weight excluding hydrogens is 309 g/mol. The van der Waals surface area contributed by atoms with Gasteiger partial charge in [-0.3, -0.25) is 16.3 Å². The average Bonchev–Trinajstić information content (AvgIpc) is 2.40. The van der Waals surface area contributed by atoms with Gasteiger partial charge in [0, 0.05) is 5.69 Å². The van der Waals surface area contributed by atoms with Gasteiger partial charge < -0.3 is 0 Å². The molecule has 0 aliphatic carbocycles. The van der Waals surface area contributed by atoms with E-state index in [9.17, 15) is 4.39 Å². The van der Waals surface area contributed by atoms with Crippen molar-refractivity contribution in [3.05, 3.63) is 63.6 Å². The highest BCUT2D eigenvalue weighted by atomic mass is 79.9. The molecule has 1 aromatic carbocycles. The summed E-state index contributed by atoms with van der Waals surface area (Å²) in [6.45, 7) is 1.94. The van der Waals surface area contributed by atoms with Crippen LogP contribution in [-0.4, -0.2) is 4.98 Å². The van der Waals surface area contributed by atoms with E-state index < -0.39 is 0 Å². The number of hydrogen-bond acceptors (Lipinski definition) is 3. The molecule has 0 saturated heterocycles. The topological polar surface area (TPSA) is 50.9 Å². The Bertz CT molecular complexity index is 574. The zero-order valence-electron chi connectivity index (χ0n) is 10.5. The van der Waals surface area contributed by atoms with Crippen LogP contribution in [0.3, 0.4) is 0 Å². The summed E-state index contributed by atoms with van der Waals surface area (Å²) in [6, 6.07) is 10.7. The molecule has 0 radical (unpaired) electrons. The first-order chi connectivity index (χ1) is 9.10. The Morgan fingerprint density at radius 3 is 2.79 bits per heavy atom. The fourth-order valence-electron chi connectivity index (χ4n) is 1.91. The smallest absolute Gasteiger partial charge is 0.137 e. The van der Waals surface area contributed by atoms with Crippen LogP contribution in [-0.2, 0) is 6.42 Å². The molecule has 3 nitrogen and oxygen atoms in total. The van der Waals surface area contributed by atoms with Crippen LogP contribution in [0.25, 0.3) is 0 Å². The van der Waals surface area contributed by atoms with E-state index in [0.29, 0.717) is 10.9 Å². The Balaban J connectivity index is 2.21. The number of nitrogens with two attached hydrogens (primary N) is 1. The maximum atomic E-state index is 13.2. The van der Waals surface area contributed by atoms with Crippen LogP contribution in [0.1, 0.15) is 23.0 Å². The molecule has 0 bridgehead atoms. The van der Waals surface area contributed by atoms with Gasteiger partial charge in [0.05, 0.1) is 16.2 Å². The third-order valence-corrected chi connectivity index (χ3v) is 3.50. The number of nitrogens with zero attached hydrogens (tertiary/aromatic N) is 1. The summed E-state index contributed by atoms with van der Waals surface area (Å²) < 4.78 is 13.7. The number of aromatic nitrogens is 1. The van der Waals surface area contributed by atoms with Crippen LogP contribution in [0.2, 0.25) is 0 Å². The zero-order chi connectivity index (χ0) is 13.8. The fourth-order valence-corrected chi connectivity index (χ4v) is 2.34. The first kappa shape index (κ1) is 14.1. The number of nitrogens with one attached hydrogen (secondary N) is 1. The van der Waals surface area contributed by atoms with Crippen molar-refractivity contribution in [3.63, 3.8) is 0 Å². The summed E-state index contributed by atoms with van der Waals surface area (Å²) in [7, 11) is 0. The molecule has 2 aromatic rings. The van der Waals surface area contributed by atoms with Crippen LogP contribution >= 0.6 is 15.9 Å². The van der Waals surface area contributed by atoms with Crippen LogP contribution in [0.15, 0.2) is 40.9 Å². The maximum Gasteiger partial charge on any atom is 0.137 e. The van der Waals surface area contributed by atoms with E-state index >= 15 is 0 Å². The minimum absolute atomic E-state index is 0.0998. The van der Waals surface area contributed by atoms with E-state index in [0.717, 1.165) is 17.0 Å². The van der Waals surface area contributed by atoms with Crippen LogP contribution in [0.5, 0.6) is 0 Å². The van der Waals surface area contributed by atoms with E-state index in [4.69, 9.17) is 5.84 Å². The van der Waals surface area contributed by atoms with Gasteiger partial charge in [-0.25, -0.2) is 4.39 Å². The third kappa shape index (κ3) is 3.59. The first-order valence-corrected chi connectivity index (χ1v) is 6.73. The molecule has 19 heavy (non-hydrogen) atoms. The van der Waals surface area contributed by atoms with Gasteiger partial charge in [-0.15, -0.1) is 0 Å². The van der Waals surface area contributed by atoms with Crippen LogP contribution < -0.4 is 11.3 Å². The lowest BCUT2D eigenvalue weighted by Crippen LogP contribution is -2.30. The standard InChI is InChI=1S/C14H15BrFN3/c1-9-3-2-4-13(18-9)14(19-17)8-10-5-6-12(16)11(15)7-10/h2-7,14,19H,8,17H2,1H3. The highest BCUT2D eigenvalue weighted by molar-refractivity contribution is 9.10. The number of aryl methyl sites for hydroxylation is 1. The highest BCUT2D eigenvalue weighted by Crippen LogP contribution is 2.21. The fraction of sp³-hybridized carbons (Fsp3) is 0.214. The molecule has 1 heterocycles. The van der Waals surface area contributed by atoms with Crippen molar-refractivity contribution >= 4 is 15.9 Å². The number of hydrogen-bond donors (Lipinski definition) is 2. The Morgan fingerprint density at radius 2 is 2.16 bits per heavy atom. The van der Waals surface area contributed by atoms with Crippen molar-refractivity contribution in [2.24, 2.45) is 5.84 Å². The minimum Gasteiger partial charge on any atom is -0.271 e. The zero-order valence-corrected chi connectivity index (χ0v) is 12.1. The van der Waals surface area contributed by atoms with Crippen molar-refractivity contribution in [2.75, 3.05) is 0 Å². The number of rotatable bonds is 4. The van der Waals surface area contributed by atoms with E-state index in [2.05, 4.69) is 26.3 Å².